The summed E-state index contributed by atoms with van der Waals surface area (Å²) in [6.45, 7) is 0.603. The quantitative estimate of drug-likeness (QED) is 0.393. The van der Waals surface area contributed by atoms with Crippen LogP contribution < -0.4 is 5.32 Å². The third kappa shape index (κ3) is 4.59. The Morgan fingerprint density at radius 1 is 1.09 bits per heavy atom. The molecule has 174 valence electrons. The minimum atomic E-state index is -0.747. The molecule has 1 aliphatic carbocycles. The monoisotopic (exact) mass is 477 g/mol. The number of benzene rings is 1. The van der Waals surface area contributed by atoms with E-state index in [2.05, 4.69) is 14.9 Å². The van der Waals surface area contributed by atoms with Gasteiger partial charge in [-0.25, -0.2) is 4.39 Å². The van der Waals surface area contributed by atoms with Crippen molar-refractivity contribution >= 4 is 33.4 Å². The molecule has 4 aromatic rings. The summed E-state index contributed by atoms with van der Waals surface area (Å²) in [5, 5.41) is 14.2. The maximum atomic E-state index is 13.5. The number of halogens is 1. The molecule has 0 bridgehead atoms. The van der Waals surface area contributed by atoms with E-state index in [9.17, 15) is 19.1 Å². The number of aromatic nitrogens is 2. The van der Waals surface area contributed by atoms with E-state index in [1.807, 2.05) is 41.9 Å². The van der Waals surface area contributed by atoms with Crippen LogP contribution in [0.3, 0.4) is 0 Å². The highest BCUT2D eigenvalue weighted by Gasteiger charge is 2.27. The van der Waals surface area contributed by atoms with Crippen molar-refractivity contribution in [2.45, 2.75) is 38.3 Å². The molecule has 1 aliphatic rings. The standard InChI is InChI=1S/C26H24FN3O3S/c27-20-11-19(12-28-13-20)17-3-1-16(2-4-17)14-30-10-9-23-24(30)22(15-34-23)25(31)29-21-7-5-18(6-8-21)26(32)33/h1-4,9-13,15,18,21H,5-8,14H2,(H,29,31)(H,32,33). The van der Waals surface area contributed by atoms with Gasteiger partial charge in [0.05, 0.1) is 27.9 Å². The molecule has 8 heteroatoms. The number of hydrogen-bond donors (Lipinski definition) is 2. The van der Waals surface area contributed by atoms with Crippen LogP contribution in [-0.4, -0.2) is 32.6 Å². The van der Waals surface area contributed by atoms with Crippen LogP contribution in [0.1, 0.15) is 41.6 Å². The summed E-state index contributed by atoms with van der Waals surface area (Å²) in [6, 6.07) is 11.4. The first-order valence-corrected chi connectivity index (χ1v) is 12.2. The first-order valence-electron chi connectivity index (χ1n) is 11.3. The van der Waals surface area contributed by atoms with Crippen molar-refractivity contribution in [2.75, 3.05) is 0 Å². The van der Waals surface area contributed by atoms with Crippen LogP contribution in [0, 0.1) is 11.7 Å². The Kier molecular flexibility index (Phi) is 6.15. The van der Waals surface area contributed by atoms with Crippen LogP contribution in [0.15, 0.2) is 60.4 Å². The number of thiophene rings is 1. The molecular weight excluding hydrogens is 453 g/mol. The van der Waals surface area contributed by atoms with E-state index >= 15 is 0 Å². The Morgan fingerprint density at radius 3 is 2.56 bits per heavy atom. The molecule has 5 rings (SSSR count). The first-order chi connectivity index (χ1) is 16.5. The third-order valence-electron chi connectivity index (χ3n) is 6.49. The Morgan fingerprint density at radius 2 is 1.85 bits per heavy atom. The normalized spacial score (nSPS) is 18.1. The number of amides is 1. The molecule has 1 aromatic carbocycles. The van der Waals surface area contributed by atoms with Crippen molar-refractivity contribution in [3.8, 4) is 11.1 Å². The SMILES string of the molecule is O=C(NC1CCC(C(=O)O)CC1)c1csc2ccn(Cc3ccc(-c4cncc(F)c4)cc3)c12. The van der Waals surface area contributed by atoms with Gasteiger partial charge in [-0.05, 0) is 48.9 Å². The predicted molar refractivity (Wildman–Crippen MR) is 129 cm³/mol. The van der Waals surface area contributed by atoms with Crippen LogP contribution in [0.4, 0.5) is 4.39 Å². The molecule has 1 fully saturated rings. The van der Waals surface area contributed by atoms with Gasteiger partial charge in [-0.15, -0.1) is 11.3 Å². The summed E-state index contributed by atoms with van der Waals surface area (Å²) in [7, 11) is 0. The molecule has 6 nitrogen and oxygen atoms in total. The number of pyridine rings is 1. The van der Waals surface area contributed by atoms with Crippen molar-refractivity contribution in [3.05, 3.63) is 77.3 Å². The van der Waals surface area contributed by atoms with Crippen molar-refractivity contribution in [1.29, 1.82) is 0 Å². The fourth-order valence-electron chi connectivity index (χ4n) is 4.62. The lowest BCUT2D eigenvalue weighted by Crippen LogP contribution is -2.38. The zero-order valence-corrected chi connectivity index (χ0v) is 19.2. The molecular formula is C26H24FN3O3S. The highest BCUT2D eigenvalue weighted by Crippen LogP contribution is 2.30. The largest absolute Gasteiger partial charge is 0.481 e. The predicted octanol–water partition coefficient (Wildman–Crippen LogP) is 5.33. The number of nitrogens with zero attached hydrogens (tertiary/aromatic N) is 2. The molecule has 2 N–H and O–H groups in total. The molecule has 0 aliphatic heterocycles. The van der Waals surface area contributed by atoms with Crippen LogP contribution >= 0.6 is 11.3 Å². The Hall–Kier alpha value is -3.52. The van der Waals surface area contributed by atoms with Crippen LogP contribution in [0.2, 0.25) is 0 Å². The third-order valence-corrected chi connectivity index (χ3v) is 7.42. The van der Waals surface area contributed by atoms with Gasteiger partial charge in [-0.2, -0.15) is 0 Å². The molecule has 0 radical (unpaired) electrons. The number of fused-ring (bicyclic) bond motifs is 1. The summed E-state index contributed by atoms with van der Waals surface area (Å²) < 4.78 is 16.6. The Bertz CT molecular complexity index is 1340. The van der Waals surface area contributed by atoms with E-state index in [4.69, 9.17) is 0 Å². The molecule has 34 heavy (non-hydrogen) atoms. The number of carbonyl (C=O) groups excluding carboxylic acids is 1. The second kappa shape index (κ2) is 9.38. The maximum absolute atomic E-state index is 13.5. The van der Waals surface area contributed by atoms with Crippen molar-refractivity contribution in [1.82, 2.24) is 14.9 Å². The van der Waals surface area contributed by atoms with Gasteiger partial charge in [-0.3, -0.25) is 14.6 Å². The van der Waals surface area contributed by atoms with Crippen LogP contribution in [-0.2, 0) is 11.3 Å². The maximum Gasteiger partial charge on any atom is 0.306 e. The minimum Gasteiger partial charge on any atom is -0.481 e. The van der Waals surface area contributed by atoms with Crippen molar-refractivity contribution in [2.24, 2.45) is 5.92 Å². The molecule has 3 heterocycles. The van der Waals surface area contributed by atoms with Crippen LogP contribution in [0.25, 0.3) is 21.3 Å². The van der Waals surface area contributed by atoms with E-state index in [1.165, 1.54) is 23.6 Å². The number of hydrogen-bond acceptors (Lipinski definition) is 4. The van der Waals surface area contributed by atoms with E-state index in [0.717, 1.165) is 26.9 Å². The topological polar surface area (TPSA) is 84.2 Å². The molecule has 1 saturated carbocycles. The second-order valence-corrected chi connectivity index (χ2v) is 9.67. The van der Waals surface area contributed by atoms with Gasteiger partial charge in [0.15, 0.2) is 0 Å². The van der Waals surface area contributed by atoms with Crippen molar-refractivity contribution in [3.63, 3.8) is 0 Å². The Labute approximate surface area is 200 Å². The zero-order valence-electron chi connectivity index (χ0n) is 18.4. The van der Waals surface area contributed by atoms with Gasteiger partial charge >= 0.3 is 5.97 Å². The number of aliphatic carboxylic acids is 1. The summed E-state index contributed by atoms with van der Waals surface area (Å²) in [5.74, 6) is -1.53. The lowest BCUT2D eigenvalue weighted by molar-refractivity contribution is -0.142. The zero-order chi connectivity index (χ0) is 23.7. The highest BCUT2D eigenvalue weighted by molar-refractivity contribution is 7.17. The minimum absolute atomic E-state index is 0.00585. The van der Waals surface area contributed by atoms with Gasteiger partial charge in [-0.1, -0.05) is 24.3 Å². The molecule has 1 amide bonds. The number of carboxylic acid groups (broad SMARTS) is 1. The summed E-state index contributed by atoms with van der Waals surface area (Å²) in [6.07, 6.45) is 7.37. The molecule has 0 atom stereocenters. The second-order valence-electron chi connectivity index (χ2n) is 8.75. The molecule has 3 aromatic heterocycles. The van der Waals surface area contributed by atoms with Gasteiger partial charge in [0.1, 0.15) is 5.82 Å². The summed E-state index contributed by atoms with van der Waals surface area (Å²) in [4.78, 5) is 28.1. The van der Waals surface area contributed by atoms with Crippen LogP contribution in [0.5, 0.6) is 0 Å². The lowest BCUT2D eigenvalue weighted by atomic mass is 9.86. The lowest BCUT2D eigenvalue weighted by Gasteiger charge is -2.26. The molecule has 0 saturated heterocycles. The molecule has 0 unspecified atom stereocenters. The van der Waals surface area contributed by atoms with E-state index in [1.54, 1.807) is 6.20 Å². The van der Waals surface area contributed by atoms with E-state index < -0.39 is 5.97 Å². The van der Waals surface area contributed by atoms with E-state index in [0.29, 0.717) is 37.8 Å². The number of carbonyl (C=O) groups is 2. The van der Waals surface area contributed by atoms with E-state index in [-0.39, 0.29) is 23.7 Å². The number of carboxylic acids is 1. The van der Waals surface area contributed by atoms with Gasteiger partial charge in [0.2, 0.25) is 0 Å². The average molecular weight is 478 g/mol. The fourth-order valence-corrected chi connectivity index (χ4v) is 5.56. The van der Waals surface area contributed by atoms with Gasteiger partial charge in [0.25, 0.3) is 5.91 Å². The van der Waals surface area contributed by atoms with Crippen molar-refractivity contribution < 1.29 is 19.1 Å². The van der Waals surface area contributed by atoms with Gasteiger partial charge < -0.3 is 15.0 Å². The summed E-state index contributed by atoms with van der Waals surface area (Å²) >= 11 is 1.54. The average Bonchev–Trinajstić information content (AvgIpc) is 3.43. The summed E-state index contributed by atoms with van der Waals surface area (Å²) in [5.41, 5.74) is 4.23. The van der Waals surface area contributed by atoms with Gasteiger partial charge in [0, 0.05) is 35.9 Å². The fraction of sp³-hybridized carbons (Fsp3) is 0.269. The molecule has 0 spiro atoms. The Balaban J connectivity index is 1.30. The number of rotatable bonds is 6. The number of nitrogens with one attached hydrogen (secondary N) is 1. The highest BCUT2D eigenvalue weighted by atomic mass is 32.1. The smallest absolute Gasteiger partial charge is 0.306 e. The first kappa shape index (κ1) is 22.3.